The number of benzene rings is 1. The van der Waals surface area contributed by atoms with Crippen molar-refractivity contribution in [2.45, 2.75) is 17.3 Å². The lowest BCUT2D eigenvalue weighted by Crippen LogP contribution is -2.17. The van der Waals surface area contributed by atoms with Crippen molar-refractivity contribution in [3.8, 4) is 11.4 Å². The molecule has 0 radical (unpaired) electrons. The molecule has 0 aliphatic carbocycles. The van der Waals surface area contributed by atoms with Crippen LogP contribution in [-0.4, -0.2) is 30.9 Å². The van der Waals surface area contributed by atoms with Crippen molar-refractivity contribution in [3.05, 3.63) is 59.9 Å². The van der Waals surface area contributed by atoms with E-state index in [1.807, 2.05) is 0 Å². The summed E-state index contributed by atoms with van der Waals surface area (Å²) < 4.78 is 27.6. The van der Waals surface area contributed by atoms with Gasteiger partial charge in [-0.25, -0.2) is 13.5 Å². The number of thioether (sulfide) groups is 1. The maximum atomic E-state index is 13.3. The lowest BCUT2D eigenvalue weighted by atomic mass is 10.1. The highest BCUT2D eigenvalue weighted by molar-refractivity contribution is 8.00. The summed E-state index contributed by atoms with van der Waals surface area (Å²) in [5, 5.41) is 7.72. The number of Topliss-reactive ketones (excluding diaryl/α,β-unsaturated/α-hetero) is 1. The van der Waals surface area contributed by atoms with E-state index in [9.17, 15) is 13.6 Å². The summed E-state index contributed by atoms with van der Waals surface area (Å²) >= 11 is 1.08. The number of pyridine rings is 1. The normalized spacial score (nSPS) is 12.1. The van der Waals surface area contributed by atoms with Crippen molar-refractivity contribution < 1.29 is 13.6 Å². The summed E-state index contributed by atoms with van der Waals surface area (Å²) in [5.41, 5.74) is 0.813. The van der Waals surface area contributed by atoms with Crippen LogP contribution in [0.4, 0.5) is 8.78 Å². The van der Waals surface area contributed by atoms with Gasteiger partial charge in [0.05, 0.1) is 5.25 Å². The van der Waals surface area contributed by atoms with Gasteiger partial charge < -0.3 is 5.84 Å². The van der Waals surface area contributed by atoms with E-state index in [0.717, 1.165) is 29.5 Å². The van der Waals surface area contributed by atoms with Crippen LogP contribution >= 0.6 is 11.8 Å². The second-order valence-corrected chi connectivity index (χ2v) is 6.47. The fourth-order valence-electron chi connectivity index (χ4n) is 2.15. The van der Waals surface area contributed by atoms with Gasteiger partial charge in [0.15, 0.2) is 23.2 Å². The highest BCUT2D eigenvalue weighted by atomic mass is 32.2. The van der Waals surface area contributed by atoms with Crippen molar-refractivity contribution in [1.29, 1.82) is 0 Å². The molecule has 0 aliphatic rings. The predicted molar refractivity (Wildman–Crippen MR) is 89.4 cm³/mol. The number of nitrogens with zero attached hydrogens (tertiary/aromatic N) is 4. The lowest BCUT2D eigenvalue weighted by molar-refractivity contribution is 0.0993. The van der Waals surface area contributed by atoms with Crippen LogP contribution < -0.4 is 5.84 Å². The minimum Gasteiger partial charge on any atom is -0.335 e. The molecule has 128 valence electrons. The van der Waals surface area contributed by atoms with Crippen LogP contribution in [0.15, 0.2) is 47.9 Å². The first-order valence-corrected chi connectivity index (χ1v) is 8.12. The number of nitrogen functional groups attached to an aromatic ring is 1. The van der Waals surface area contributed by atoms with Gasteiger partial charge in [0, 0.05) is 23.5 Å². The lowest BCUT2D eigenvalue weighted by Gasteiger charge is -2.10. The van der Waals surface area contributed by atoms with Crippen molar-refractivity contribution in [2.24, 2.45) is 0 Å². The molecule has 0 saturated carbocycles. The average Bonchev–Trinajstić information content (AvgIpc) is 2.98. The van der Waals surface area contributed by atoms with E-state index < -0.39 is 16.9 Å². The van der Waals surface area contributed by atoms with Gasteiger partial charge in [0.1, 0.15) is 0 Å². The van der Waals surface area contributed by atoms with E-state index in [1.54, 1.807) is 31.5 Å². The fraction of sp³-hybridized carbons (Fsp3) is 0.125. The van der Waals surface area contributed by atoms with E-state index in [4.69, 9.17) is 5.84 Å². The predicted octanol–water partition coefficient (Wildman–Crippen LogP) is 2.70. The number of hydrogen-bond acceptors (Lipinski definition) is 6. The summed E-state index contributed by atoms with van der Waals surface area (Å²) in [4.78, 5) is 16.3. The Balaban J connectivity index is 1.79. The van der Waals surface area contributed by atoms with E-state index in [0.29, 0.717) is 11.0 Å². The van der Waals surface area contributed by atoms with Crippen molar-refractivity contribution in [1.82, 2.24) is 19.9 Å². The molecule has 1 aromatic carbocycles. The van der Waals surface area contributed by atoms with Crippen molar-refractivity contribution in [3.63, 3.8) is 0 Å². The zero-order chi connectivity index (χ0) is 18.0. The molecular weight excluding hydrogens is 348 g/mol. The quantitative estimate of drug-likeness (QED) is 0.427. The molecule has 3 aromatic rings. The van der Waals surface area contributed by atoms with Gasteiger partial charge in [0.2, 0.25) is 5.16 Å². The van der Waals surface area contributed by atoms with Crippen LogP contribution in [0.5, 0.6) is 0 Å². The first-order valence-electron chi connectivity index (χ1n) is 7.24. The maximum Gasteiger partial charge on any atom is 0.210 e. The van der Waals surface area contributed by atoms with Gasteiger partial charge in [-0.3, -0.25) is 9.78 Å². The molecule has 1 atom stereocenters. The molecule has 2 N–H and O–H groups in total. The molecule has 9 heteroatoms. The highest BCUT2D eigenvalue weighted by Crippen LogP contribution is 2.26. The number of nitrogens with two attached hydrogens (primary N) is 1. The molecular formula is C16H13F2N5OS. The molecule has 25 heavy (non-hydrogen) atoms. The molecule has 2 heterocycles. The van der Waals surface area contributed by atoms with Crippen LogP contribution in [0.25, 0.3) is 11.4 Å². The monoisotopic (exact) mass is 361 g/mol. The first kappa shape index (κ1) is 17.0. The molecule has 0 amide bonds. The topological polar surface area (TPSA) is 86.7 Å². The summed E-state index contributed by atoms with van der Waals surface area (Å²) in [6, 6.07) is 6.51. The van der Waals surface area contributed by atoms with Crippen LogP contribution in [0.1, 0.15) is 17.3 Å². The molecule has 0 unspecified atom stereocenters. The van der Waals surface area contributed by atoms with E-state index in [-0.39, 0.29) is 11.3 Å². The number of rotatable bonds is 5. The van der Waals surface area contributed by atoms with Gasteiger partial charge in [-0.15, -0.1) is 10.2 Å². The molecule has 0 fully saturated rings. The summed E-state index contributed by atoms with van der Waals surface area (Å²) in [7, 11) is 0. The number of ketones is 1. The molecule has 3 rings (SSSR count). The van der Waals surface area contributed by atoms with Crippen molar-refractivity contribution >= 4 is 17.5 Å². The van der Waals surface area contributed by atoms with E-state index >= 15 is 0 Å². The Labute approximate surface area is 146 Å². The average molecular weight is 361 g/mol. The number of carbonyl (C=O) groups is 1. The third-order valence-corrected chi connectivity index (χ3v) is 4.52. The largest absolute Gasteiger partial charge is 0.335 e. The molecule has 0 saturated heterocycles. The highest BCUT2D eigenvalue weighted by Gasteiger charge is 2.22. The van der Waals surface area contributed by atoms with Gasteiger partial charge in [-0.2, -0.15) is 0 Å². The van der Waals surface area contributed by atoms with Gasteiger partial charge in [-0.05, 0) is 37.3 Å². The molecule has 6 nitrogen and oxygen atoms in total. The SMILES string of the molecule is C[C@H](Sc1nnc(-c2ccncc2)n1N)C(=O)c1ccc(F)c(F)c1. The second kappa shape index (κ2) is 6.98. The number of aromatic nitrogens is 4. The number of carbonyl (C=O) groups excluding carboxylic acids is 1. The van der Waals surface area contributed by atoms with Crippen LogP contribution in [0, 0.1) is 11.6 Å². The summed E-state index contributed by atoms with van der Waals surface area (Å²) in [6.07, 6.45) is 3.21. The van der Waals surface area contributed by atoms with Gasteiger partial charge in [-0.1, -0.05) is 11.8 Å². The van der Waals surface area contributed by atoms with Gasteiger partial charge in [0.25, 0.3) is 0 Å². The number of halogens is 2. The Hall–Kier alpha value is -2.81. The minimum absolute atomic E-state index is 0.0799. The Morgan fingerprint density at radius 2 is 1.88 bits per heavy atom. The van der Waals surface area contributed by atoms with Crippen LogP contribution in [0.3, 0.4) is 0 Å². The van der Waals surface area contributed by atoms with Crippen molar-refractivity contribution in [2.75, 3.05) is 5.84 Å². The Morgan fingerprint density at radius 3 is 2.56 bits per heavy atom. The Kier molecular flexibility index (Phi) is 4.75. The fourth-order valence-corrected chi connectivity index (χ4v) is 3.00. The third kappa shape index (κ3) is 3.50. The Morgan fingerprint density at radius 1 is 1.16 bits per heavy atom. The molecule has 0 bridgehead atoms. The smallest absolute Gasteiger partial charge is 0.210 e. The minimum atomic E-state index is -1.06. The maximum absolute atomic E-state index is 13.3. The van der Waals surface area contributed by atoms with Crippen LogP contribution in [0.2, 0.25) is 0 Å². The van der Waals surface area contributed by atoms with E-state index in [1.165, 1.54) is 10.7 Å². The second-order valence-electron chi connectivity index (χ2n) is 5.17. The summed E-state index contributed by atoms with van der Waals surface area (Å²) in [6.45, 7) is 1.63. The standard InChI is InChI=1S/C16H13F2N5OS/c1-9(14(24)11-2-3-12(17)13(18)8-11)25-16-22-21-15(23(16)19)10-4-6-20-7-5-10/h2-9H,19H2,1H3/t9-/m0/s1. The van der Waals surface area contributed by atoms with Gasteiger partial charge >= 0.3 is 0 Å². The zero-order valence-electron chi connectivity index (χ0n) is 13.1. The zero-order valence-corrected chi connectivity index (χ0v) is 13.9. The molecule has 0 aliphatic heterocycles. The summed E-state index contributed by atoms with van der Waals surface area (Å²) in [5.74, 6) is 4.00. The first-order chi connectivity index (χ1) is 12.0. The Bertz CT molecular complexity index is 916. The molecule has 0 spiro atoms. The van der Waals surface area contributed by atoms with E-state index in [2.05, 4.69) is 15.2 Å². The number of hydrogen-bond donors (Lipinski definition) is 1. The van der Waals surface area contributed by atoms with Crippen LogP contribution in [-0.2, 0) is 0 Å². The molecule has 2 aromatic heterocycles. The third-order valence-electron chi connectivity index (χ3n) is 3.46.